The van der Waals surface area contributed by atoms with E-state index >= 15 is 0 Å². The van der Waals surface area contributed by atoms with E-state index in [9.17, 15) is 4.79 Å². The molecule has 5 nitrogen and oxygen atoms in total. The highest BCUT2D eigenvalue weighted by atomic mass is 16.5. The molecule has 0 saturated carbocycles. The Morgan fingerprint density at radius 1 is 1.06 bits per heavy atom. The number of nitrogens with one attached hydrogen (secondary N) is 1. The molecule has 3 aromatic rings. The Balaban J connectivity index is 1.79. The Labute approximate surface area is 183 Å². The summed E-state index contributed by atoms with van der Waals surface area (Å²) in [6, 6.07) is 21.6. The van der Waals surface area contributed by atoms with Crippen molar-refractivity contribution < 1.29 is 9.53 Å². The summed E-state index contributed by atoms with van der Waals surface area (Å²) < 4.78 is 5.43. The first-order valence-electron chi connectivity index (χ1n) is 10.1. The number of methoxy groups -OCH3 is 1. The van der Waals surface area contributed by atoms with Crippen LogP contribution in [0.1, 0.15) is 29.9 Å². The van der Waals surface area contributed by atoms with Crippen molar-refractivity contribution >= 4 is 11.6 Å². The van der Waals surface area contributed by atoms with Crippen molar-refractivity contribution in [1.82, 2.24) is 10.3 Å². The van der Waals surface area contributed by atoms with Gasteiger partial charge in [0, 0.05) is 18.9 Å². The standard InChI is InChI=1S/C26H27N3O2/c1-5-29(18-19(2)3)24-16-15-23(28-26(24)31-4)25(30)27-17-21-13-9-10-14-22(21)20-11-7-6-8-12-20/h5-16,18H,1,17H2,2-4H3,(H,27,30). The molecule has 0 aliphatic rings. The van der Waals surface area contributed by atoms with Crippen molar-refractivity contribution in [2.45, 2.75) is 20.4 Å². The van der Waals surface area contributed by atoms with Gasteiger partial charge in [-0.1, -0.05) is 66.7 Å². The van der Waals surface area contributed by atoms with Crippen molar-refractivity contribution in [3.05, 3.63) is 103 Å². The van der Waals surface area contributed by atoms with Crippen LogP contribution < -0.4 is 15.0 Å². The molecule has 0 aliphatic heterocycles. The van der Waals surface area contributed by atoms with Gasteiger partial charge < -0.3 is 15.0 Å². The van der Waals surface area contributed by atoms with Gasteiger partial charge >= 0.3 is 0 Å². The molecule has 0 atom stereocenters. The molecule has 0 spiro atoms. The highest BCUT2D eigenvalue weighted by Gasteiger charge is 2.15. The maximum absolute atomic E-state index is 12.8. The zero-order valence-corrected chi connectivity index (χ0v) is 18.1. The number of hydrogen-bond acceptors (Lipinski definition) is 4. The van der Waals surface area contributed by atoms with Crippen molar-refractivity contribution in [2.24, 2.45) is 0 Å². The summed E-state index contributed by atoms with van der Waals surface area (Å²) in [4.78, 5) is 19.0. The number of benzene rings is 2. The van der Waals surface area contributed by atoms with Crippen molar-refractivity contribution in [1.29, 1.82) is 0 Å². The molecule has 3 rings (SSSR count). The predicted octanol–water partition coefficient (Wildman–Crippen LogP) is 5.56. The molecule has 5 heteroatoms. The first-order valence-corrected chi connectivity index (χ1v) is 10.1. The van der Waals surface area contributed by atoms with Gasteiger partial charge in [-0.15, -0.1) is 0 Å². The third kappa shape index (κ3) is 5.39. The minimum Gasteiger partial charge on any atom is -0.479 e. The number of nitrogens with zero attached hydrogens (tertiary/aromatic N) is 2. The quantitative estimate of drug-likeness (QED) is 0.525. The summed E-state index contributed by atoms with van der Waals surface area (Å²) in [5.41, 5.74) is 5.34. The molecule has 0 bridgehead atoms. The van der Waals surface area contributed by atoms with E-state index in [1.54, 1.807) is 18.3 Å². The molecule has 0 fully saturated rings. The molecule has 2 aromatic carbocycles. The molecule has 158 valence electrons. The fraction of sp³-hybridized carbons (Fsp3) is 0.154. The second-order valence-corrected chi connectivity index (χ2v) is 7.23. The topological polar surface area (TPSA) is 54.5 Å². The van der Waals surface area contributed by atoms with E-state index in [0.29, 0.717) is 23.8 Å². The monoisotopic (exact) mass is 413 g/mol. The van der Waals surface area contributed by atoms with Gasteiger partial charge in [0.2, 0.25) is 5.88 Å². The maximum Gasteiger partial charge on any atom is 0.270 e. The second-order valence-electron chi connectivity index (χ2n) is 7.23. The predicted molar refractivity (Wildman–Crippen MR) is 126 cm³/mol. The van der Waals surface area contributed by atoms with Gasteiger partial charge in [0.05, 0.1) is 7.11 Å². The van der Waals surface area contributed by atoms with Gasteiger partial charge in [0.1, 0.15) is 11.4 Å². The number of carbonyl (C=O) groups is 1. The van der Waals surface area contributed by atoms with Crippen molar-refractivity contribution in [3.8, 4) is 17.0 Å². The average Bonchev–Trinajstić information content (AvgIpc) is 2.81. The molecule has 0 aliphatic carbocycles. The highest BCUT2D eigenvalue weighted by Crippen LogP contribution is 2.28. The van der Waals surface area contributed by atoms with Crippen molar-refractivity contribution in [3.63, 3.8) is 0 Å². The van der Waals surface area contributed by atoms with E-state index in [1.165, 1.54) is 7.11 Å². The molecule has 0 saturated heterocycles. The van der Waals surface area contributed by atoms with Gasteiger partial charge in [-0.2, -0.15) is 0 Å². The van der Waals surface area contributed by atoms with Crippen LogP contribution in [-0.4, -0.2) is 18.0 Å². The summed E-state index contributed by atoms with van der Waals surface area (Å²) in [6.07, 6.45) is 3.60. The largest absolute Gasteiger partial charge is 0.479 e. The summed E-state index contributed by atoms with van der Waals surface area (Å²) in [6.45, 7) is 8.22. The van der Waals surface area contributed by atoms with Crippen molar-refractivity contribution in [2.75, 3.05) is 12.0 Å². The fourth-order valence-electron chi connectivity index (χ4n) is 3.24. The van der Waals surface area contributed by atoms with Gasteiger partial charge in [-0.3, -0.25) is 4.79 Å². The number of pyridine rings is 1. The minimum absolute atomic E-state index is 0.264. The fourth-order valence-corrected chi connectivity index (χ4v) is 3.24. The third-order valence-corrected chi connectivity index (χ3v) is 4.68. The lowest BCUT2D eigenvalue weighted by Gasteiger charge is -2.19. The van der Waals surface area contributed by atoms with E-state index in [-0.39, 0.29) is 5.91 Å². The minimum atomic E-state index is -0.264. The van der Waals surface area contributed by atoms with Crippen LogP contribution in [0.3, 0.4) is 0 Å². The zero-order chi connectivity index (χ0) is 22.2. The number of carbonyl (C=O) groups excluding carboxylic acids is 1. The van der Waals surface area contributed by atoms with Crippen LogP contribution in [0, 0.1) is 0 Å². The third-order valence-electron chi connectivity index (χ3n) is 4.68. The normalized spacial score (nSPS) is 10.2. The summed E-state index contributed by atoms with van der Waals surface area (Å²) in [5, 5.41) is 2.97. The Hall–Kier alpha value is -3.86. The lowest BCUT2D eigenvalue weighted by molar-refractivity contribution is 0.0945. The Kier molecular flexibility index (Phi) is 7.22. The molecule has 1 amide bonds. The van der Waals surface area contributed by atoms with E-state index in [0.717, 1.165) is 22.3 Å². The Morgan fingerprint density at radius 2 is 1.77 bits per heavy atom. The second kappa shape index (κ2) is 10.3. The Morgan fingerprint density at radius 3 is 2.45 bits per heavy atom. The molecular formula is C26H27N3O2. The number of amides is 1. The van der Waals surface area contributed by atoms with Gasteiger partial charge in [-0.05, 0) is 42.7 Å². The molecule has 31 heavy (non-hydrogen) atoms. The number of allylic oxidation sites excluding steroid dienone is 1. The van der Waals surface area contributed by atoms with Gasteiger partial charge in [0.15, 0.2) is 0 Å². The summed E-state index contributed by atoms with van der Waals surface area (Å²) in [7, 11) is 1.54. The van der Waals surface area contributed by atoms with Crippen LogP contribution >= 0.6 is 0 Å². The first-order chi connectivity index (χ1) is 15.0. The summed E-state index contributed by atoms with van der Waals surface area (Å²) in [5.74, 6) is 0.0924. The highest BCUT2D eigenvalue weighted by molar-refractivity contribution is 5.93. The SMILES string of the molecule is C=CN(C=C(C)C)c1ccc(C(=O)NCc2ccccc2-c2ccccc2)nc1OC. The molecular weight excluding hydrogens is 386 g/mol. The lowest BCUT2D eigenvalue weighted by atomic mass is 10.00. The van der Waals surface area contributed by atoms with Crippen LogP contribution in [0.25, 0.3) is 11.1 Å². The average molecular weight is 414 g/mol. The van der Waals surface area contributed by atoms with Crippen LogP contribution in [-0.2, 0) is 6.54 Å². The molecule has 1 N–H and O–H groups in total. The number of aromatic nitrogens is 1. The zero-order valence-electron chi connectivity index (χ0n) is 18.1. The maximum atomic E-state index is 12.8. The number of rotatable bonds is 8. The lowest BCUT2D eigenvalue weighted by Crippen LogP contribution is -2.24. The number of ether oxygens (including phenoxy) is 1. The number of hydrogen-bond donors (Lipinski definition) is 1. The van der Waals surface area contributed by atoms with Crippen LogP contribution in [0.15, 0.2) is 91.3 Å². The first kappa shape index (κ1) is 21.8. The van der Waals surface area contributed by atoms with E-state index in [4.69, 9.17) is 4.74 Å². The Bertz CT molecular complexity index is 1090. The molecule has 1 heterocycles. The van der Waals surface area contributed by atoms with Gasteiger partial charge in [0.25, 0.3) is 5.91 Å². The van der Waals surface area contributed by atoms with Crippen LogP contribution in [0.4, 0.5) is 5.69 Å². The van der Waals surface area contributed by atoms with E-state index in [1.807, 2.05) is 61.3 Å². The molecule has 1 aromatic heterocycles. The number of anilines is 1. The van der Waals surface area contributed by atoms with Gasteiger partial charge in [-0.25, -0.2) is 4.98 Å². The smallest absolute Gasteiger partial charge is 0.270 e. The summed E-state index contributed by atoms with van der Waals surface area (Å²) >= 11 is 0. The molecule has 0 unspecified atom stereocenters. The van der Waals surface area contributed by atoms with Crippen LogP contribution in [0.5, 0.6) is 5.88 Å². The van der Waals surface area contributed by atoms with Crippen LogP contribution in [0.2, 0.25) is 0 Å². The molecule has 0 radical (unpaired) electrons. The van der Waals surface area contributed by atoms with E-state index in [2.05, 4.69) is 35.1 Å². The van der Waals surface area contributed by atoms with E-state index < -0.39 is 0 Å².